The summed E-state index contributed by atoms with van der Waals surface area (Å²) in [7, 11) is 0. The van der Waals surface area contributed by atoms with E-state index in [0.717, 1.165) is 6.54 Å². The van der Waals surface area contributed by atoms with Crippen LogP contribution in [0.2, 0.25) is 0 Å². The molecule has 0 aromatic rings. The first kappa shape index (κ1) is 12.8. The van der Waals surface area contributed by atoms with Gasteiger partial charge < -0.3 is 5.73 Å². The molecule has 0 heterocycles. The van der Waals surface area contributed by atoms with Gasteiger partial charge in [0.25, 0.3) is 0 Å². The van der Waals surface area contributed by atoms with Crippen LogP contribution < -0.4 is 5.73 Å². The molecular formula is C10H22N2S. The van der Waals surface area contributed by atoms with Crippen LogP contribution in [0.4, 0.5) is 0 Å². The third-order valence-electron chi connectivity index (χ3n) is 2.15. The van der Waals surface area contributed by atoms with Gasteiger partial charge in [0.1, 0.15) is 0 Å². The lowest BCUT2D eigenvalue weighted by Crippen LogP contribution is -2.47. The molecule has 0 spiro atoms. The van der Waals surface area contributed by atoms with Crippen LogP contribution >= 0.6 is 12.2 Å². The Labute approximate surface area is 87.5 Å². The van der Waals surface area contributed by atoms with Crippen LogP contribution in [0, 0.1) is 5.92 Å². The highest BCUT2D eigenvalue weighted by Crippen LogP contribution is 2.09. The van der Waals surface area contributed by atoms with Crippen molar-refractivity contribution in [2.24, 2.45) is 11.7 Å². The Bertz CT molecular complexity index is 166. The molecule has 2 nitrogen and oxygen atoms in total. The van der Waals surface area contributed by atoms with E-state index in [2.05, 4.69) is 39.5 Å². The molecule has 3 heteroatoms. The molecule has 0 rings (SSSR count). The maximum Gasteiger partial charge on any atom is 0.0899 e. The molecule has 0 fully saturated rings. The summed E-state index contributed by atoms with van der Waals surface area (Å²) in [6.07, 6.45) is 0. The lowest BCUT2D eigenvalue weighted by Gasteiger charge is -2.33. The first-order valence-corrected chi connectivity index (χ1v) is 5.32. The molecule has 1 atom stereocenters. The van der Waals surface area contributed by atoms with E-state index in [9.17, 15) is 0 Å². The van der Waals surface area contributed by atoms with Crippen LogP contribution in [0.1, 0.15) is 34.6 Å². The normalized spacial score (nSPS) is 14.2. The highest BCUT2D eigenvalue weighted by Gasteiger charge is 2.19. The summed E-state index contributed by atoms with van der Waals surface area (Å²) >= 11 is 5.00. The second-order valence-corrected chi connectivity index (χ2v) is 4.73. The van der Waals surface area contributed by atoms with Crippen molar-refractivity contribution in [1.82, 2.24) is 4.90 Å². The maximum atomic E-state index is 5.64. The molecular weight excluding hydrogens is 180 g/mol. The summed E-state index contributed by atoms with van der Waals surface area (Å²) in [5.74, 6) is 0.652. The third kappa shape index (κ3) is 4.58. The minimum Gasteiger partial charge on any atom is -0.392 e. The van der Waals surface area contributed by atoms with Crippen molar-refractivity contribution >= 4 is 17.2 Å². The first-order chi connectivity index (χ1) is 5.86. The smallest absolute Gasteiger partial charge is 0.0899 e. The van der Waals surface area contributed by atoms with Crippen molar-refractivity contribution in [2.45, 2.75) is 46.7 Å². The van der Waals surface area contributed by atoms with Crippen LogP contribution in [0.25, 0.3) is 0 Å². The van der Waals surface area contributed by atoms with E-state index < -0.39 is 0 Å². The fourth-order valence-corrected chi connectivity index (χ4v) is 1.54. The Balaban J connectivity index is 4.32. The Hall–Kier alpha value is -0.150. The van der Waals surface area contributed by atoms with E-state index in [1.165, 1.54) is 0 Å². The quantitative estimate of drug-likeness (QED) is 0.692. The van der Waals surface area contributed by atoms with Crippen LogP contribution in [0.5, 0.6) is 0 Å². The van der Waals surface area contributed by atoms with Gasteiger partial charge in [-0.1, -0.05) is 26.1 Å². The summed E-state index contributed by atoms with van der Waals surface area (Å²) in [6, 6.07) is 0.705. The monoisotopic (exact) mass is 202 g/mol. The molecule has 0 aliphatic heterocycles. The number of nitrogens with two attached hydrogens (primary N) is 1. The van der Waals surface area contributed by atoms with Crippen LogP contribution in [-0.4, -0.2) is 28.5 Å². The minimum absolute atomic E-state index is 0.206. The zero-order valence-electron chi connectivity index (χ0n) is 9.37. The van der Waals surface area contributed by atoms with E-state index in [-0.39, 0.29) is 6.04 Å². The van der Waals surface area contributed by atoms with E-state index >= 15 is 0 Å². The Morgan fingerprint density at radius 3 is 1.92 bits per heavy atom. The highest BCUT2D eigenvalue weighted by molar-refractivity contribution is 7.80. The predicted octanol–water partition coefficient (Wildman–Crippen LogP) is 2.03. The molecule has 0 bridgehead atoms. The van der Waals surface area contributed by atoms with Crippen LogP contribution in [-0.2, 0) is 0 Å². The van der Waals surface area contributed by atoms with Gasteiger partial charge in [0.2, 0.25) is 0 Å². The van der Waals surface area contributed by atoms with Gasteiger partial charge in [-0.25, -0.2) is 0 Å². The van der Waals surface area contributed by atoms with Gasteiger partial charge >= 0.3 is 0 Å². The number of hydrogen-bond acceptors (Lipinski definition) is 2. The molecule has 1 unspecified atom stereocenters. The summed E-state index contributed by atoms with van der Waals surface area (Å²) in [5, 5.41) is 0. The van der Waals surface area contributed by atoms with Gasteiger partial charge in [-0.3, -0.25) is 4.90 Å². The molecule has 0 aliphatic rings. The summed E-state index contributed by atoms with van der Waals surface area (Å²) < 4.78 is 0. The van der Waals surface area contributed by atoms with Gasteiger partial charge in [-0.2, -0.15) is 0 Å². The maximum absolute atomic E-state index is 5.64. The molecule has 0 saturated carbocycles. The van der Waals surface area contributed by atoms with Gasteiger partial charge in [0.15, 0.2) is 0 Å². The average molecular weight is 202 g/mol. The van der Waals surface area contributed by atoms with Gasteiger partial charge in [0, 0.05) is 12.6 Å². The molecule has 0 amide bonds. The third-order valence-corrected chi connectivity index (χ3v) is 2.49. The van der Waals surface area contributed by atoms with E-state index in [1.807, 2.05) is 0 Å². The minimum atomic E-state index is 0.206. The van der Waals surface area contributed by atoms with Gasteiger partial charge in [0.05, 0.1) is 11.0 Å². The van der Waals surface area contributed by atoms with Crippen LogP contribution in [0.3, 0.4) is 0 Å². The van der Waals surface area contributed by atoms with Crippen LogP contribution in [0.15, 0.2) is 0 Å². The molecule has 78 valence electrons. The van der Waals surface area contributed by atoms with E-state index in [4.69, 9.17) is 18.0 Å². The number of nitrogens with zero attached hydrogens (tertiary/aromatic N) is 1. The Kier molecular flexibility index (Phi) is 5.49. The lowest BCUT2D eigenvalue weighted by atomic mass is 10.1. The lowest BCUT2D eigenvalue weighted by molar-refractivity contribution is 0.180. The standard InChI is InChI=1S/C10H22N2S/c1-7(2)6-12(8(3)4)9(5)10(11)13/h7-9H,6H2,1-5H3,(H2,11,13). The summed E-state index contributed by atoms with van der Waals surface area (Å²) in [4.78, 5) is 2.93. The van der Waals surface area contributed by atoms with Crippen molar-refractivity contribution in [1.29, 1.82) is 0 Å². The van der Waals surface area contributed by atoms with Crippen molar-refractivity contribution in [3.05, 3.63) is 0 Å². The second kappa shape index (κ2) is 5.55. The molecule has 0 aromatic carbocycles. The molecule has 0 aromatic heterocycles. The number of thiocarbonyl (C=S) groups is 1. The second-order valence-electron chi connectivity index (χ2n) is 4.26. The summed E-state index contributed by atoms with van der Waals surface area (Å²) in [5.41, 5.74) is 5.64. The van der Waals surface area contributed by atoms with Crippen molar-refractivity contribution < 1.29 is 0 Å². The molecule has 2 N–H and O–H groups in total. The van der Waals surface area contributed by atoms with Crippen molar-refractivity contribution in [2.75, 3.05) is 6.54 Å². The summed E-state index contributed by atoms with van der Waals surface area (Å²) in [6.45, 7) is 11.9. The molecule has 13 heavy (non-hydrogen) atoms. The zero-order valence-corrected chi connectivity index (χ0v) is 10.2. The predicted molar refractivity (Wildman–Crippen MR) is 62.9 cm³/mol. The first-order valence-electron chi connectivity index (χ1n) is 4.91. The SMILES string of the molecule is CC(C)CN(C(C)C)C(C)C(N)=S. The van der Waals surface area contributed by atoms with E-state index in [1.54, 1.807) is 0 Å². The molecule has 0 radical (unpaired) electrons. The fraction of sp³-hybridized carbons (Fsp3) is 0.900. The van der Waals surface area contributed by atoms with Crippen molar-refractivity contribution in [3.8, 4) is 0 Å². The molecule has 0 saturated heterocycles. The number of hydrogen-bond donors (Lipinski definition) is 1. The Morgan fingerprint density at radius 2 is 1.69 bits per heavy atom. The zero-order chi connectivity index (χ0) is 10.6. The van der Waals surface area contributed by atoms with E-state index in [0.29, 0.717) is 16.9 Å². The topological polar surface area (TPSA) is 29.3 Å². The largest absolute Gasteiger partial charge is 0.392 e. The Morgan fingerprint density at radius 1 is 1.23 bits per heavy atom. The van der Waals surface area contributed by atoms with Gasteiger partial charge in [-0.15, -0.1) is 0 Å². The van der Waals surface area contributed by atoms with Crippen molar-refractivity contribution in [3.63, 3.8) is 0 Å². The average Bonchev–Trinajstić information content (AvgIpc) is 1.97. The molecule has 0 aliphatic carbocycles. The fourth-order valence-electron chi connectivity index (χ4n) is 1.40. The van der Waals surface area contributed by atoms with Gasteiger partial charge in [-0.05, 0) is 26.7 Å². The number of rotatable bonds is 5. The highest BCUT2D eigenvalue weighted by atomic mass is 32.1.